The Labute approximate surface area is 274 Å². The number of carbonyl (C=O) groups excluding carboxylic acids is 4. The monoisotopic (exact) mass is 664 g/mol. The fraction of sp³-hybridized carbons (Fsp3) is 0.294. The number of carbonyl (C=O) groups is 4. The molecule has 0 aromatic heterocycles. The number of rotatable bonds is 5. The number of hydrogen-bond acceptors (Lipinski definition) is 6. The SMILES string of the molecule is CN1C(=O)[C@]2(Cl)C[C@@H]3C(=CC[C@@H]4C(=O)N(c5ccc(Cl)cc5)C(=O)[C@@H]43)[C@H](c3ccc(OCc4ccccc4)cc3O)[C@]2(Cl)C1=O. The van der Waals surface area contributed by atoms with Gasteiger partial charge in [-0.15, -0.1) is 23.2 Å². The molecule has 11 heteroatoms. The Hall–Kier alpha value is -3.85. The van der Waals surface area contributed by atoms with Crippen molar-refractivity contribution in [3.8, 4) is 11.5 Å². The first-order valence-electron chi connectivity index (χ1n) is 14.5. The molecule has 1 N–H and O–H groups in total. The summed E-state index contributed by atoms with van der Waals surface area (Å²) in [6, 6.07) is 20.6. The number of amides is 4. The van der Waals surface area contributed by atoms with Crippen LogP contribution in [0.2, 0.25) is 5.02 Å². The smallest absolute Gasteiger partial charge is 0.253 e. The Bertz CT molecular complexity index is 1800. The fourth-order valence-corrected chi connectivity index (χ4v) is 8.67. The number of phenols is 1. The maximum absolute atomic E-state index is 14.1. The molecule has 0 unspecified atom stereocenters. The van der Waals surface area contributed by atoms with E-state index in [2.05, 4.69) is 0 Å². The van der Waals surface area contributed by atoms with Crippen LogP contribution in [-0.2, 0) is 25.8 Å². The Morgan fingerprint density at radius 2 is 1.62 bits per heavy atom. The number of likely N-dealkylation sites (tertiary alicyclic amines) is 1. The molecule has 2 heterocycles. The van der Waals surface area contributed by atoms with Crippen LogP contribution in [0, 0.1) is 17.8 Å². The minimum absolute atomic E-state index is 0.136. The van der Waals surface area contributed by atoms with Crippen LogP contribution in [0.5, 0.6) is 11.5 Å². The van der Waals surface area contributed by atoms with E-state index in [1.807, 2.05) is 36.4 Å². The van der Waals surface area contributed by atoms with E-state index in [4.69, 9.17) is 39.5 Å². The van der Waals surface area contributed by atoms with E-state index in [0.29, 0.717) is 22.0 Å². The second-order valence-corrected chi connectivity index (χ2v) is 13.7. The predicted molar refractivity (Wildman–Crippen MR) is 168 cm³/mol. The first kappa shape index (κ1) is 29.8. The number of alkyl halides is 2. The van der Waals surface area contributed by atoms with E-state index in [0.717, 1.165) is 15.4 Å². The van der Waals surface area contributed by atoms with Crippen LogP contribution in [0.15, 0.2) is 84.4 Å². The summed E-state index contributed by atoms with van der Waals surface area (Å²) in [4.78, 5) is 53.3. The summed E-state index contributed by atoms with van der Waals surface area (Å²) in [5, 5.41) is 11.9. The molecule has 6 atom stereocenters. The molecular formula is C34H27Cl3N2O6. The number of phenolic OH excluding ortho intramolecular Hbond substituents is 1. The van der Waals surface area contributed by atoms with Crippen molar-refractivity contribution in [3.63, 3.8) is 0 Å². The first-order valence-corrected chi connectivity index (χ1v) is 15.6. The van der Waals surface area contributed by atoms with Crippen LogP contribution in [-0.4, -0.2) is 50.4 Å². The number of hydrogen-bond donors (Lipinski definition) is 1. The van der Waals surface area contributed by atoms with Crippen molar-refractivity contribution in [1.29, 1.82) is 0 Å². The molecule has 2 saturated heterocycles. The van der Waals surface area contributed by atoms with Crippen molar-refractivity contribution in [2.75, 3.05) is 11.9 Å². The third-order valence-corrected chi connectivity index (χ3v) is 11.3. The summed E-state index contributed by atoms with van der Waals surface area (Å²) in [6.45, 7) is 0.266. The number of imide groups is 2. The van der Waals surface area contributed by atoms with Gasteiger partial charge in [-0.3, -0.25) is 29.0 Å². The number of allylic oxidation sites excluding steroid dienone is 2. The van der Waals surface area contributed by atoms with Crippen LogP contribution in [0.4, 0.5) is 5.69 Å². The van der Waals surface area contributed by atoms with E-state index >= 15 is 0 Å². The average molecular weight is 666 g/mol. The minimum Gasteiger partial charge on any atom is -0.508 e. The highest BCUT2D eigenvalue weighted by Gasteiger charge is 2.76. The summed E-state index contributed by atoms with van der Waals surface area (Å²) < 4.78 is 5.89. The molecule has 4 amide bonds. The number of fused-ring (bicyclic) bond motifs is 4. The van der Waals surface area contributed by atoms with Gasteiger partial charge in [-0.25, -0.2) is 0 Å². The molecule has 2 aliphatic heterocycles. The van der Waals surface area contributed by atoms with Crippen LogP contribution in [0.3, 0.4) is 0 Å². The lowest BCUT2D eigenvalue weighted by molar-refractivity contribution is -0.138. The number of ether oxygens (including phenoxy) is 1. The Morgan fingerprint density at radius 3 is 2.31 bits per heavy atom. The zero-order valence-corrected chi connectivity index (χ0v) is 26.2. The summed E-state index contributed by atoms with van der Waals surface area (Å²) >= 11 is 20.5. The normalized spacial score (nSPS) is 30.6. The van der Waals surface area contributed by atoms with Crippen LogP contribution in [0.1, 0.15) is 29.9 Å². The molecule has 2 aliphatic carbocycles. The molecule has 0 bridgehead atoms. The van der Waals surface area contributed by atoms with Crippen molar-refractivity contribution < 1.29 is 29.0 Å². The third kappa shape index (κ3) is 4.26. The van der Waals surface area contributed by atoms with Gasteiger partial charge in [0.1, 0.15) is 18.1 Å². The number of anilines is 1. The van der Waals surface area contributed by atoms with Crippen molar-refractivity contribution in [3.05, 3.63) is 101 Å². The molecule has 0 radical (unpaired) electrons. The summed E-state index contributed by atoms with van der Waals surface area (Å²) in [7, 11) is 1.32. The van der Waals surface area contributed by atoms with E-state index in [1.54, 1.807) is 36.4 Å². The minimum atomic E-state index is -2.00. The lowest BCUT2D eigenvalue weighted by atomic mass is 9.56. The van der Waals surface area contributed by atoms with Gasteiger partial charge in [0.05, 0.1) is 17.5 Å². The zero-order valence-electron chi connectivity index (χ0n) is 24.0. The van der Waals surface area contributed by atoms with Gasteiger partial charge in [-0.2, -0.15) is 0 Å². The van der Waals surface area contributed by atoms with E-state index < -0.39 is 51.1 Å². The number of benzene rings is 3. The number of nitrogens with zero attached hydrogens (tertiary/aromatic N) is 2. The molecule has 45 heavy (non-hydrogen) atoms. The second kappa shape index (κ2) is 10.6. The van der Waals surface area contributed by atoms with Crippen molar-refractivity contribution >= 4 is 64.1 Å². The van der Waals surface area contributed by atoms with Gasteiger partial charge in [0.15, 0.2) is 9.75 Å². The topological polar surface area (TPSA) is 104 Å². The molecule has 230 valence electrons. The van der Waals surface area contributed by atoms with Gasteiger partial charge in [-0.1, -0.05) is 59.6 Å². The van der Waals surface area contributed by atoms with Gasteiger partial charge in [0.25, 0.3) is 11.8 Å². The highest BCUT2D eigenvalue weighted by atomic mass is 35.5. The van der Waals surface area contributed by atoms with Gasteiger partial charge in [0.2, 0.25) is 11.8 Å². The maximum atomic E-state index is 14.1. The van der Waals surface area contributed by atoms with Gasteiger partial charge >= 0.3 is 0 Å². The van der Waals surface area contributed by atoms with Gasteiger partial charge in [0, 0.05) is 29.6 Å². The maximum Gasteiger partial charge on any atom is 0.253 e. The lowest BCUT2D eigenvalue weighted by Crippen LogP contribution is -2.60. The molecule has 3 aromatic rings. The van der Waals surface area contributed by atoms with Crippen LogP contribution in [0.25, 0.3) is 0 Å². The van der Waals surface area contributed by atoms with E-state index in [9.17, 15) is 24.3 Å². The molecule has 1 saturated carbocycles. The quantitative estimate of drug-likeness (QED) is 0.209. The molecule has 3 fully saturated rings. The second-order valence-electron chi connectivity index (χ2n) is 12.0. The molecule has 7 rings (SSSR count). The highest BCUT2D eigenvalue weighted by molar-refractivity contribution is 6.53. The number of halogens is 3. The summed E-state index contributed by atoms with van der Waals surface area (Å²) in [5.41, 5.74) is 2.18. The standard InChI is InChI=1S/C34H27Cl3N2O6/c1-38-31(43)33(36)16-25-22(13-14-24-27(25)30(42)39(29(24)41)20-9-7-19(35)8-10-20)28(34(33,37)32(38)44)23-12-11-21(15-26(23)40)45-17-18-5-3-2-4-6-18/h2-13,15,24-25,27-28,40H,14,16-17H2,1H3/t24-,25+,27-,28+,33+,34-/m0/s1. The van der Waals surface area contributed by atoms with Crippen LogP contribution >= 0.6 is 34.8 Å². The average Bonchev–Trinajstić information content (AvgIpc) is 3.36. The third-order valence-electron chi connectivity index (χ3n) is 9.66. The predicted octanol–water partition coefficient (Wildman–Crippen LogP) is 5.82. The first-order chi connectivity index (χ1) is 21.5. The lowest BCUT2D eigenvalue weighted by Gasteiger charge is -2.50. The van der Waals surface area contributed by atoms with Gasteiger partial charge < -0.3 is 9.84 Å². The highest BCUT2D eigenvalue weighted by Crippen LogP contribution is 2.66. The molecule has 8 nitrogen and oxygen atoms in total. The van der Waals surface area contributed by atoms with Crippen LogP contribution < -0.4 is 9.64 Å². The molecule has 0 spiro atoms. The molecule has 3 aromatic carbocycles. The molecular weight excluding hydrogens is 639 g/mol. The molecule has 4 aliphatic rings. The number of aromatic hydroxyl groups is 1. The summed E-state index contributed by atoms with van der Waals surface area (Å²) in [5.74, 6) is -5.33. The fourth-order valence-electron chi connectivity index (χ4n) is 7.53. The Balaban J connectivity index is 1.31. The van der Waals surface area contributed by atoms with Crippen molar-refractivity contribution in [1.82, 2.24) is 4.90 Å². The largest absolute Gasteiger partial charge is 0.508 e. The Morgan fingerprint density at radius 1 is 0.911 bits per heavy atom. The zero-order chi connectivity index (χ0) is 31.8. The Kier molecular flexibility index (Phi) is 7.04. The van der Waals surface area contributed by atoms with E-state index in [1.165, 1.54) is 13.1 Å². The summed E-state index contributed by atoms with van der Waals surface area (Å²) in [6.07, 6.45) is 1.90. The van der Waals surface area contributed by atoms with E-state index in [-0.39, 0.29) is 36.7 Å². The van der Waals surface area contributed by atoms with Crippen molar-refractivity contribution in [2.24, 2.45) is 17.8 Å². The van der Waals surface area contributed by atoms with Gasteiger partial charge in [-0.05, 0) is 54.7 Å². The van der Waals surface area contributed by atoms with Crippen molar-refractivity contribution in [2.45, 2.75) is 35.1 Å².